The molecule has 82 valence electrons. The summed E-state index contributed by atoms with van der Waals surface area (Å²) in [5.41, 5.74) is 0.724. The van der Waals surface area contributed by atoms with Crippen molar-refractivity contribution >= 4 is 5.91 Å². The van der Waals surface area contributed by atoms with Crippen LogP contribution in [0.15, 0.2) is 10.6 Å². The highest BCUT2D eigenvalue weighted by atomic mass is 16.5. The van der Waals surface area contributed by atoms with Gasteiger partial charge in [-0.05, 0) is 26.3 Å². The normalized spacial score (nSPS) is 21.3. The van der Waals surface area contributed by atoms with E-state index in [1.54, 1.807) is 13.0 Å². The van der Waals surface area contributed by atoms with Gasteiger partial charge in [-0.2, -0.15) is 0 Å². The summed E-state index contributed by atoms with van der Waals surface area (Å²) in [7, 11) is 0. The largest absolute Gasteiger partial charge is 0.351 e. The Hall–Kier alpha value is -1.36. The van der Waals surface area contributed by atoms with Crippen LogP contribution >= 0.6 is 0 Å². The molecule has 1 fully saturated rings. The number of hydrogen-bond donors (Lipinski definition) is 2. The summed E-state index contributed by atoms with van der Waals surface area (Å²) in [6.45, 7) is 3.66. The zero-order valence-electron chi connectivity index (χ0n) is 8.75. The van der Waals surface area contributed by atoms with E-state index in [0.717, 1.165) is 31.6 Å². The molecule has 15 heavy (non-hydrogen) atoms. The van der Waals surface area contributed by atoms with E-state index in [-0.39, 0.29) is 17.7 Å². The molecule has 1 aromatic rings. The lowest BCUT2D eigenvalue weighted by atomic mass is 10.1. The van der Waals surface area contributed by atoms with E-state index in [9.17, 15) is 4.79 Å². The number of nitrogens with one attached hydrogen (secondary N) is 2. The number of rotatable bonds is 2. The van der Waals surface area contributed by atoms with Gasteiger partial charge in [-0.1, -0.05) is 5.16 Å². The zero-order valence-corrected chi connectivity index (χ0v) is 8.75. The zero-order chi connectivity index (χ0) is 10.7. The first-order valence-electron chi connectivity index (χ1n) is 5.20. The SMILES string of the molecule is Cc1cc(C(=O)N[C@@H]2CCCNC2)on1. The molecule has 2 rings (SSSR count). The summed E-state index contributed by atoms with van der Waals surface area (Å²) in [6, 6.07) is 1.85. The Morgan fingerprint density at radius 1 is 1.73 bits per heavy atom. The monoisotopic (exact) mass is 209 g/mol. The third kappa shape index (κ3) is 2.56. The lowest BCUT2D eigenvalue weighted by Gasteiger charge is -2.23. The molecule has 0 unspecified atom stereocenters. The molecule has 1 saturated heterocycles. The Morgan fingerprint density at radius 3 is 3.20 bits per heavy atom. The Morgan fingerprint density at radius 2 is 2.60 bits per heavy atom. The van der Waals surface area contributed by atoms with E-state index in [4.69, 9.17) is 4.52 Å². The van der Waals surface area contributed by atoms with Gasteiger partial charge in [0.05, 0.1) is 5.69 Å². The Kier molecular flexibility index (Phi) is 3.01. The van der Waals surface area contributed by atoms with E-state index < -0.39 is 0 Å². The molecule has 1 aliphatic heterocycles. The number of aromatic nitrogens is 1. The number of nitrogens with zero attached hydrogens (tertiary/aromatic N) is 1. The molecule has 1 aromatic heterocycles. The van der Waals surface area contributed by atoms with Crippen molar-refractivity contribution < 1.29 is 9.32 Å². The van der Waals surface area contributed by atoms with Gasteiger partial charge in [-0.3, -0.25) is 4.79 Å². The van der Waals surface area contributed by atoms with Gasteiger partial charge in [0.1, 0.15) is 0 Å². The van der Waals surface area contributed by atoms with Crippen molar-refractivity contribution in [3.8, 4) is 0 Å². The lowest BCUT2D eigenvalue weighted by Crippen LogP contribution is -2.45. The van der Waals surface area contributed by atoms with Crippen molar-refractivity contribution in [1.82, 2.24) is 15.8 Å². The second-order valence-corrected chi connectivity index (χ2v) is 3.85. The van der Waals surface area contributed by atoms with Crippen LogP contribution in [-0.4, -0.2) is 30.2 Å². The van der Waals surface area contributed by atoms with Gasteiger partial charge in [-0.25, -0.2) is 0 Å². The first-order chi connectivity index (χ1) is 7.25. The van der Waals surface area contributed by atoms with Gasteiger partial charge in [0, 0.05) is 18.7 Å². The molecular formula is C10H15N3O2. The molecule has 5 nitrogen and oxygen atoms in total. The number of hydrogen-bond acceptors (Lipinski definition) is 4. The van der Waals surface area contributed by atoms with Crippen molar-refractivity contribution in [2.24, 2.45) is 0 Å². The Labute approximate surface area is 88.2 Å². The first-order valence-corrected chi connectivity index (χ1v) is 5.20. The second kappa shape index (κ2) is 4.44. The van der Waals surface area contributed by atoms with Crippen LogP contribution in [0.3, 0.4) is 0 Å². The summed E-state index contributed by atoms with van der Waals surface area (Å²) in [5, 5.41) is 9.83. The van der Waals surface area contributed by atoms with Crippen LogP contribution in [0.5, 0.6) is 0 Å². The first kappa shape index (κ1) is 10.2. The smallest absolute Gasteiger partial charge is 0.290 e. The molecule has 5 heteroatoms. The molecule has 1 amide bonds. The maximum Gasteiger partial charge on any atom is 0.290 e. The van der Waals surface area contributed by atoms with Crippen LogP contribution in [-0.2, 0) is 0 Å². The number of piperidine rings is 1. The predicted octanol–water partition coefficient (Wildman–Crippen LogP) is 0.465. The quantitative estimate of drug-likeness (QED) is 0.742. The fourth-order valence-electron chi connectivity index (χ4n) is 1.70. The highest BCUT2D eigenvalue weighted by molar-refractivity contribution is 5.91. The fraction of sp³-hybridized carbons (Fsp3) is 0.600. The molecule has 0 spiro atoms. The van der Waals surface area contributed by atoms with Crippen LogP contribution in [0.4, 0.5) is 0 Å². The molecule has 2 N–H and O–H groups in total. The van der Waals surface area contributed by atoms with Gasteiger partial charge >= 0.3 is 0 Å². The number of amides is 1. The van der Waals surface area contributed by atoms with E-state index >= 15 is 0 Å². The molecule has 0 radical (unpaired) electrons. The maximum atomic E-state index is 11.7. The Balaban J connectivity index is 1.91. The summed E-state index contributed by atoms with van der Waals surface area (Å²) in [4.78, 5) is 11.7. The van der Waals surface area contributed by atoms with Crippen molar-refractivity contribution in [2.75, 3.05) is 13.1 Å². The summed E-state index contributed by atoms with van der Waals surface area (Å²) >= 11 is 0. The summed E-state index contributed by atoms with van der Waals surface area (Å²) in [5.74, 6) is 0.113. The van der Waals surface area contributed by atoms with E-state index in [1.165, 1.54) is 0 Å². The number of carbonyl (C=O) groups is 1. The van der Waals surface area contributed by atoms with E-state index in [1.807, 2.05) is 0 Å². The summed E-state index contributed by atoms with van der Waals surface area (Å²) < 4.78 is 4.89. The molecule has 0 saturated carbocycles. The van der Waals surface area contributed by atoms with Crippen molar-refractivity contribution in [2.45, 2.75) is 25.8 Å². The van der Waals surface area contributed by atoms with Crippen LogP contribution in [0.25, 0.3) is 0 Å². The van der Waals surface area contributed by atoms with Gasteiger partial charge in [0.25, 0.3) is 5.91 Å². The molecule has 0 aliphatic carbocycles. The van der Waals surface area contributed by atoms with E-state index in [0.29, 0.717) is 0 Å². The highest BCUT2D eigenvalue weighted by Crippen LogP contribution is 2.05. The van der Waals surface area contributed by atoms with E-state index in [2.05, 4.69) is 15.8 Å². The number of aryl methyl sites for hydroxylation is 1. The average molecular weight is 209 g/mol. The van der Waals surface area contributed by atoms with Gasteiger partial charge < -0.3 is 15.2 Å². The van der Waals surface area contributed by atoms with Crippen molar-refractivity contribution in [3.63, 3.8) is 0 Å². The van der Waals surface area contributed by atoms with Gasteiger partial charge in [0.2, 0.25) is 5.76 Å². The molecule has 0 aromatic carbocycles. The van der Waals surface area contributed by atoms with Crippen LogP contribution < -0.4 is 10.6 Å². The second-order valence-electron chi connectivity index (χ2n) is 3.85. The Bertz CT molecular complexity index is 342. The van der Waals surface area contributed by atoms with Crippen LogP contribution in [0.2, 0.25) is 0 Å². The fourth-order valence-corrected chi connectivity index (χ4v) is 1.70. The minimum atomic E-state index is -0.177. The molecule has 1 atom stereocenters. The van der Waals surface area contributed by atoms with Gasteiger partial charge in [-0.15, -0.1) is 0 Å². The third-order valence-electron chi connectivity index (χ3n) is 2.48. The minimum absolute atomic E-state index is 0.177. The van der Waals surface area contributed by atoms with Crippen LogP contribution in [0, 0.1) is 6.92 Å². The van der Waals surface area contributed by atoms with Crippen molar-refractivity contribution in [1.29, 1.82) is 0 Å². The minimum Gasteiger partial charge on any atom is -0.351 e. The van der Waals surface area contributed by atoms with Crippen LogP contribution in [0.1, 0.15) is 29.1 Å². The molecule has 2 heterocycles. The standard InChI is InChI=1S/C10H15N3O2/c1-7-5-9(15-13-7)10(14)12-8-3-2-4-11-6-8/h5,8,11H,2-4,6H2,1H3,(H,12,14)/t8-/m1/s1. The number of carbonyl (C=O) groups excluding carboxylic acids is 1. The molecule has 0 bridgehead atoms. The average Bonchev–Trinajstić information content (AvgIpc) is 2.66. The maximum absolute atomic E-state index is 11.7. The summed E-state index contributed by atoms with van der Waals surface area (Å²) in [6.07, 6.45) is 2.12. The van der Waals surface area contributed by atoms with Gasteiger partial charge in [0.15, 0.2) is 0 Å². The molecular weight excluding hydrogens is 194 g/mol. The molecule has 1 aliphatic rings. The third-order valence-corrected chi connectivity index (χ3v) is 2.48. The topological polar surface area (TPSA) is 67.2 Å². The lowest BCUT2D eigenvalue weighted by molar-refractivity contribution is 0.0893. The van der Waals surface area contributed by atoms with Crippen molar-refractivity contribution in [3.05, 3.63) is 17.5 Å². The highest BCUT2D eigenvalue weighted by Gasteiger charge is 2.18. The predicted molar refractivity (Wildman–Crippen MR) is 54.6 cm³/mol.